The third-order valence-corrected chi connectivity index (χ3v) is 6.33. The highest BCUT2D eigenvalue weighted by Gasteiger charge is 2.28. The zero-order valence-electron chi connectivity index (χ0n) is 17.4. The van der Waals surface area contributed by atoms with Crippen molar-refractivity contribution in [1.82, 2.24) is 10.7 Å². The van der Waals surface area contributed by atoms with Crippen LogP contribution < -0.4 is 20.2 Å². The molecule has 0 radical (unpaired) electrons. The fourth-order valence-electron chi connectivity index (χ4n) is 3.89. The predicted octanol–water partition coefficient (Wildman–Crippen LogP) is 3.78. The zero-order chi connectivity index (χ0) is 22.1. The number of amides is 2. The zero-order valence-corrected chi connectivity index (χ0v) is 18.2. The number of carbonyl (C=O) groups is 2. The lowest BCUT2D eigenvalue weighted by Gasteiger charge is -2.13. The Balaban J connectivity index is 1.31. The van der Waals surface area contributed by atoms with Crippen molar-refractivity contribution in [2.45, 2.75) is 32.7 Å². The second-order valence-electron chi connectivity index (χ2n) is 7.55. The Morgan fingerprint density at radius 3 is 2.84 bits per heavy atom. The number of nitrogens with zero attached hydrogens (tertiary/aromatic N) is 1. The normalized spacial score (nSPS) is 15.5. The van der Waals surface area contributed by atoms with E-state index in [1.807, 2.05) is 36.6 Å². The van der Waals surface area contributed by atoms with Crippen molar-refractivity contribution in [3.05, 3.63) is 68.8 Å². The molecule has 9 heteroatoms. The standard InChI is InChI=1S/C23H21N3O5S/c1-13-20-15(25-26-22(27)19-6-3-9-32-19)4-2-5-17(20)31-21(13)23(28)24-11-14-7-8-16-18(10-14)30-12-29-16/h3,6-10H,2,4-5,11-12H2,1H3,(H,24,28)(H,26,27)/b25-15+. The van der Waals surface area contributed by atoms with E-state index in [9.17, 15) is 9.59 Å². The Labute approximate surface area is 188 Å². The van der Waals surface area contributed by atoms with Gasteiger partial charge in [0.25, 0.3) is 11.8 Å². The molecule has 0 fully saturated rings. The van der Waals surface area contributed by atoms with Crippen LogP contribution in [0.5, 0.6) is 11.5 Å². The number of hydrogen-bond acceptors (Lipinski definition) is 7. The molecule has 2 amide bonds. The molecule has 2 aliphatic rings. The number of furan rings is 1. The first kappa shape index (κ1) is 20.3. The van der Waals surface area contributed by atoms with Gasteiger partial charge in [-0.1, -0.05) is 12.1 Å². The maximum Gasteiger partial charge on any atom is 0.287 e. The highest BCUT2D eigenvalue weighted by molar-refractivity contribution is 7.12. The van der Waals surface area contributed by atoms with Gasteiger partial charge in [0, 0.05) is 24.1 Å². The summed E-state index contributed by atoms with van der Waals surface area (Å²) in [5, 5.41) is 9.09. The van der Waals surface area contributed by atoms with Crippen LogP contribution >= 0.6 is 11.3 Å². The minimum absolute atomic E-state index is 0.208. The van der Waals surface area contributed by atoms with Gasteiger partial charge >= 0.3 is 0 Å². The minimum Gasteiger partial charge on any atom is -0.455 e. The lowest BCUT2D eigenvalue weighted by atomic mass is 9.93. The summed E-state index contributed by atoms with van der Waals surface area (Å²) in [4.78, 5) is 25.7. The molecular formula is C23H21N3O5S. The number of hydrazone groups is 1. The van der Waals surface area contributed by atoms with Crippen LogP contribution in [0, 0.1) is 6.92 Å². The number of nitrogens with one attached hydrogen (secondary N) is 2. The quantitative estimate of drug-likeness (QED) is 0.575. The van der Waals surface area contributed by atoms with Gasteiger partial charge in [-0.3, -0.25) is 9.59 Å². The van der Waals surface area contributed by atoms with E-state index in [1.54, 1.807) is 6.07 Å². The molecule has 0 bridgehead atoms. The second kappa shape index (κ2) is 8.51. The van der Waals surface area contributed by atoms with Crippen molar-refractivity contribution in [3.63, 3.8) is 0 Å². The molecular weight excluding hydrogens is 430 g/mol. The van der Waals surface area contributed by atoms with Crippen LogP contribution in [0.4, 0.5) is 0 Å². The average Bonchev–Trinajstić information content (AvgIpc) is 3.56. The fraction of sp³-hybridized carbons (Fsp3) is 0.261. The maximum absolute atomic E-state index is 12.8. The SMILES string of the molecule is Cc1c(C(=O)NCc2ccc3c(c2)OCO3)oc2c1/C(=N/NC(=O)c1cccs1)CCC2. The molecule has 0 unspecified atom stereocenters. The summed E-state index contributed by atoms with van der Waals surface area (Å²) in [7, 11) is 0. The number of ether oxygens (including phenoxy) is 2. The molecule has 5 rings (SSSR count). The van der Waals surface area contributed by atoms with E-state index in [4.69, 9.17) is 13.9 Å². The summed E-state index contributed by atoms with van der Waals surface area (Å²) in [5.74, 6) is 1.83. The molecule has 2 N–H and O–H groups in total. The lowest BCUT2D eigenvalue weighted by molar-refractivity contribution is 0.0919. The van der Waals surface area contributed by atoms with Crippen molar-refractivity contribution in [3.8, 4) is 11.5 Å². The lowest BCUT2D eigenvalue weighted by Crippen LogP contribution is -2.23. The van der Waals surface area contributed by atoms with Gasteiger partial charge in [-0.25, -0.2) is 5.43 Å². The Bertz CT molecular complexity index is 1210. The number of benzene rings is 1. The highest BCUT2D eigenvalue weighted by atomic mass is 32.1. The molecule has 1 aliphatic heterocycles. The average molecular weight is 452 g/mol. The van der Waals surface area contributed by atoms with E-state index >= 15 is 0 Å². The third kappa shape index (κ3) is 3.87. The summed E-state index contributed by atoms with van der Waals surface area (Å²) < 4.78 is 16.6. The first-order chi connectivity index (χ1) is 15.6. The molecule has 0 atom stereocenters. The summed E-state index contributed by atoms with van der Waals surface area (Å²) in [6.45, 7) is 2.39. The Morgan fingerprint density at radius 2 is 2.00 bits per heavy atom. The van der Waals surface area contributed by atoms with Crippen LogP contribution in [0.1, 0.15) is 55.5 Å². The second-order valence-corrected chi connectivity index (χ2v) is 8.50. The Morgan fingerprint density at radius 1 is 1.12 bits per heavy atom. The maximum atomic E-state index is 12.8. The van der Waals surface area contributed by atoms with Crippen LogP contribution in [0.25, 0.3) is 0 Å². The van der Waals surface area contributed by atoms with Gasteiger partial charge in [-0.05, 0) is 48.9 Å². The molecule has 32 heavy (non-hydrogen) atoms. The Kier molecular flexibility index (Phi) is 5.40. The summed E-state index contributed by atoms with van der Waals surface area (Å²) >= 11 is 1.36. The number of thiophene rings is 1. The molecule has 3 heterocycles. The van der Waals surface area contributed by atoms with Crippen LogP contribution in [-0.4, -0.2) is 24.3 Å². The molecule has 8 nitrogen and oxygen atoms in total. The van der Waals surface area contributed by atoms with E-state index in [1.165, 1.54) is 11.3 Å². The van der Waals surface area contributed by atoms with E-state index < -0.39 is 0 Å². The number of aryl methyl sites for hydroxylation is 1. The number of fused-ring (bicyclic) bond motifs is 2. The van der Waals surface area contributed by atoms with Crippen LogP contribution in [0.2, 0.25) is 0 Å². The van der Waals surface area contributed by atoms with Crippen LogP contribution in [0.15, 0.2) is 45.2 Å². The molecule has 0 saturated carbocycles. The van der Waals surface area contributed by atoms with E-state index in [0.717, 1.165) is 41.0 Å². The van der Waals surface area contributed by atoms with E-state index in [-0.39, 0.29) is 24.4 Å². The van der Waals surface area contributed by atoms with Gasteiger partial charge in [0.05, 0.1) is 10.6 Å². The van der Waals surface area contributed by atoms with Crippen molar-refractivity contribution in [2.24, 2.45) is 5.10 Å². The smallest absolute Gasteiger partial charge is 0.287 e. The van der Waals surface area contributed by atoms with Gasteiger partial charge in [-0.2, -0.15) is 5.10 Å². The van der Waals surface area contributed by atoms with Gasteiger partial charge in [-0.15, -0.1) is 11.3 Å². The number of carbonyl (C=O) groups excluding carboxylic acids is 2. The topological polar surface area (TPSA) is 102 Å². The summed E-state index contributed by atoms with van der Waals surface area (Å²) in [6.07, 6.45) is 2.27. The molecule has 164 valence electrons. The molecule has 1 aromatic carbocycles. The van der Waals surface area contributed by atoms with Gasteiger partial charge < -0.3 is 19.2 Å². The predicted molar refractivity (Wildman–Crippen MR) is 118 cm³/mol. The van der Waals surface area contributed by atoms with E-state index in [2.05, 4.69) is 15.8 Å². The number of rotatable bonds is 5. The van der Waals surface area contributed by atoms with Gasteiger partial charge in [0.15, 0.2) is 17.3 Å². The monoisotopic (exact) mass is 451 g/mol. The van der Waals surface area contributed by atoms with Crippen molar-refractivity contribution in [2.75, 3.05) is 6.79 Å². The first-order valence-corrected chi connectivity index (χ1v) is 11.2. The largest absolute Gasteiger partial charge is 0.455 e. The van der Waals surface area contributed by atoms with Gasteiger partial charge in [0.2, 0.25) is 6.79 Å². The summed E-state index contributed by atoms with van der Waals surface area (Å²) in [5.41, 5.74) is 5.80. The highest BCUT2D eigenvalue weighted by Crippen LogP contribution is 2.33. The first-order valence-electron chi connectivity index (χ1n) is 10.3. The Hall–Kier alpha value is -3.59. The van der Waals surface area contributed by atoms with Crippen molar-refractivity contribution in [1.29, 1.82) is 0 Å². The van der Waals surface area contributed by atoms with Crippen LogP contribution in [0.3, 0.4) is 0 Å². The van der Waals surface area contributed by atoms with Crippen LogP contribution in [-0.2, 0) is 13.0 Å². The third-order valence-electron chi connectivity index (χ3n) is 5.46. The molecule has 3 aromatic rings. The van der Waals surface area contributed by atoms with Gasteiger partial charge in [0.1, 0.15) is 5.76 Å². The molecule has 0 spiro atoms. The van der Waals surface area contributed by atoms with Crippen molar-refractivity contribution < 1.29 is 23.5 Å². The molecule has 2 aromatic heterocycles. The minimum atomic E-state index is -0.295. The fourth-order valence-corrected chi connectivity index (χ4v) is 4.50. The van der Waals surface area contributed by atoms with Crippen molar-refractivity contribution >= 4 is 28.9 Å². The molecule has 0 saturated heterocycles. The number of hydrogen-bond donors (Lipinski definition) is 2. The summed E-state index contributed by atoms with van der Waals surface area (Å²) in [6, 6.07) is 9.13. The molecule has 1 aliphatic carbocycles. The van der Waals surface area contributed by atoms with E-state index in [0.29, 0.717) is 29.3 Å².